The van der Waals surface area contributed by atoms with Crippen LogP contribution in [0.15, 0.2) is 28.9 Å². The Morgan fingerprint density at radius 1 is 1.07 bits per heavy atom. The van der Waals surface area contributed by atoms with Crippen LogP contribution < -0.4 is 0 Å². The van der Waals surface area contributed by atoms with Gasteiger partial charge < -0.3 is 4.57 Å². The van der Waals surface area contributed by atoms with Gasteiger partial charge in [-0.15, -0.1) is 0 Å². The van der Waals surface area contributed by atoms with E-state index in [4.69, 9.17) is 10.1 Å². The van der Waals surface area contributed by atoms with Gasteiger partial charge in [0.25, 0.3) is 0 Å². The molecule has 0 saturated carbocycles. The molecule has 0 fully saturated rings. The van der Waals surface area contributed by atoms with Crippen LogP contribution in [0.25, 0.3) is 27.8 Å². The van der Waals surface area contributed by atoms with Gasteiger partial charge in [0.2, 0.25) is 0 Å². The number of halogens is 1. The molecule has 28 heavy (non-hydrogen) atoms. The Kier molecular flexibility index (Phi) is 4.82. The van der Waals surface area contributed by atoms with Crippen LogP contribution in [-0.2, 0) is 0 Å². The molecular weight excluding hydrogens is 412 g/mol. The highest BCUT2D eigenvalue weighted by atomic mass is 79.9. The summed E-state index contributed by atoms with van der Waals surface area (Å²) in [5.41, 5.74) is 8.90. The van der Waals surface area contributed by atoms with Crippen molar-refractivity contribution in [3.8, 4) is 11.1 Å². The highest BCUT2D eigenvalue weighted by molar-refractivity contribution is 9.10. The first kappa shape index (κ1) is 19.2. The zero-order valence-corrected chi connectivity index (χ0v) is 19.1. The summed E-state index contributed by atoms with van der Waals surface area (Å²) in [5, 5.41) is 6.12. The lowest BCUT2D eigenvalue weighted by atomic mass is 9.99. The molecule has 0 spiro atoms. The molecule has 0 amide bonds. The first-order valence-electron chi connectivity index (χ1n) is 9.97. The van der Waals surface area contributed by atoms with Gasteiger partial charge in [-0.3, -0.25) is 0 Å². The van der Waals surface area contributed by atoms with E-state index in [-0.39, 0.29) is 0 Å². The lowest BCUT2D eigenvalue weighted by molar-refractivity contribution is 0.509. The second kappa shape index (κ2) is 7.03. The minimum absolute atomic E-state index is 0.424. The van der Waals surface area contributed by atoms with Crippen molar-refractivity contribution in [3.63, 3.8) is 0 Å². The number of rotatable bonds is 4. The fraction of sp³-hybridized carbons (Fsp3) is 0.391. The third-order valence-electron chi connectivity index (χ3n) is 5.65. The zero-order chi connectivity index (χ0) is 20.2. The second-order valence-electron chi connectivity index (χ2n) is 7.93. The SMILES string of the molecule is CCCC(C)n1ccc2c(C)nc3c(-c4c(C)cc(C)cc4Br)c(C)nn3c21. The smallest absolute Gasteiger partial charge is 0.165 e. The number of fused-ring (bicyclic) bond motifs is 3. The minimum atomic E-state index is 0.424. The molecule has 0 radical (unpaired) electrons. The Labute approximate surface area is 174 Å². The van der Waals surface area contributed by atoms with Crippen molar-refractivity contribution >= 4 is 32.6 Å². The highest BCUT2D eigenvalue weighted by Crippen LogP contribution is 2.38. The predicted molar refractivity (Wildman–Crippen MR) is 120 cm³/mol. The Morgan fingerprint density at radius 2 is 1.82 bits per heavy atom. The van der Waals surface area contributed by atoms with Gasteiger partial charge >= 0.3 is 0 Å². The third-order valence-corrected chi connectivity index (χ3v) is 6.28. The first-order valence-corrected chi connectivity index (χ1v) is 10.8. The van der Waals surface area contributed by atoms with Crippen LogP contribution in [0.5, 0.6) is 0 Å². The maximum Gasteiger partial charge on any atom is 0.165 e. The summed E-state index contributed by atoms with van der Waals surface area (Å²) in [5.74, 6) is 0. The quantitative estimate of drug-likeness (QED) is 0.354. The Hall–Kier alpha value is -2.14. The molecule has 5 heteroatoms. The van der Waals surface area contributed by atoms with Crippen molar-refractivity contribution in [1.29, 1.82) is 0 Å². The molecule has 3 aromatic heterocycles. The average molecular weight is 439 g/mol. The number of aryl methyl sites for hydroxylation is 4. The number of hydrogen-bond donors (Lipinski definition) is 0. The summed E-state index contributed by atoms with van der Waals surface area (Å²) in [6, 6.07) is 6.99. The molecule has 4 nitrogen and oxygen atoms in total. The molecule has 0 saturated heterocycles. The van der Waals surface area contributed by atoms with Gasteiger partial charge in [-0.1, -0.05) is 35.3 Å². The normalized spacial score (nSPS) is 13.0. The van der Waals surface area contributed by atoms with E-state index >= 15 is 0 Å². The van der Waals surface area contributed by atoms with Crippen LogP contribution in [0, 0.1) is 27.7 Å². The molecule has 0 aliphatic rings. The van der Waals surface area contributed by atoms with E-state index in [9.17, 15) is 0 Å². The van der Waals surface area contributed by atoms with E-state index in [0.29, 0.717) is 6.04 Å². The molecule has 0 N–H and O–H groups in total. The van der Waals surface area contributed by atoms with Gasteiger partial charge in [0, 0.05) is 27.7 Å². The summed E-state index contributed by atoms with van der Waals surface area (Å²) in [7, 11) is 0. The van der Waals surface area contributed by atoms with Gasteiger partial charge in [-0.25, -0.2) is 4.98 Å². The van der Waals surface area contributed by atoms with E-state index in [1.807, 2.05) is 4.52 Å². The molecule has 4 aromatic rings. The largest absolute Gasteiger partial charge is 0.330 e. The van der Waals surface area contributed by atoms with E-state index < -0.39 is 0 Å². The highest BCUT2D eigenvalue weighted by Gasteiger charge is 2.22. The monoisotopic (exact) mass is 438 g/mol. The van der Waals surface area contributed by atoms with Crippen molar-refractivity contribution in [2.45, 2.75) is 60.4 Å². The van der Waals surface area contributed by atoms with Crippen molar-refractivity contribution in [2.75, 3.05) is 0 Å². The number of benzene rings is 1. The lowest BCUT2D eigenvalue weighted by Crippen LogP contribution is -2.07. The van der Waals surface area contributed by atoms with Crippen LogP contribution in [-0.4, -0.2) is 19.2 Å². The minimum Gasteiger partial charge on any atom is -0.330 e. The van der Waals surface area contributed by atoms with Crippen molar-refractivity contribution in [1.82, 2.24) is 19.2 Å². The molecule has 1 aromatic carbocycles. The van der Waals surface area contributed by atoms with Crippen molar-refractivity contribution in [3.05, 3.63) is 51.4 Å². The molecule has 146 valence electrons. The van der Waals surface area contributed by atoms with Gasteiger partial charge in [-0.2, -0.15) is 9.61 Å². The average Bonchev–Trinajstić information content (AvgIpc) is 3.18. The molecule has 0 bridgehead atoms. The third kappa shape index (κ3) is 2.87. The summed E-state index contributed by atoms with van der Waals surface area (Å²) in [6.07, 6.45) is 4.48. The van der Waals surface area contributed by atoms with E-state index in [1.54, 1.807) is 0 Å². The molecular formula is C23H27BrN4. The molecule has 1 unspecified atom stereocenters. The summed E-state index contributed by atoms with van der Waals surface area (Å²) >= 11 is 3.79. The number of hydrogen-bond acceptors (Lipinski definition) is 2. The van der Waals surface area contributed by atoms with Gasteiger partial charge in [0.05, 0.1) is 17.0 Å². The maximum atomic E-state index is 4.99. The fourth-order valence-corrected chi connectivity index (χ4v) is 5.24. The summed E-state index contributed by atoms with van der Waals surface area (Å²) < 4.78 is 5.50. The second-order valence-corrected chi connectivity index (χ2v) is 8.78. The van der Waals surface area contributed by atoms with Crippen LogP contribution in [0.1, 0.15) is 55.2 Å². The Bertz CT molecular complexity index is 1180. The van der Waals surface area contributed by atoms with E-state index in [2.05, 4.69) is 86.4 Å². The molecule has 1 atom stereocenters. The van der Waals surface area contributed by atoms with E-state index in [1.165, 1.54) is 22.1 Å². The maximum absolute atomic E-state index is 4.99. The molecule has 3 heterocycles. The van der Waals surface area contributed by atoms with Gasteiger partial charge in [-0.05, 0) is 64.3 Å². The topological polar surface area (TPSA) is 35.1 Å². The zero-order valence-electron chi connectivity index (χ0n) is 17.5. The Morgan fingerprint density at radius 3 is 2.50 bits per heavy atom. The molecule has 0 aliphatic heterocycles. The summed E-state index contributed by atoms with van der Waals surface area (Å²) in [6.45, 7) is 13.0. The van der Waals surface area contributed by atoms with Gasteiger partial charge in [0.15, 0.2) is 5.65 Å². The van der Waals surface area contributed by atoms with Crippen molar-refractivity contribution in [2.24, 2.45) is 0 Å². The van der Waals surface area contributed by atoms with Crippen LogP contribution >= 0.6 is 15.9 Å². The van der Waals surface area contributed by atoms with Crippen LogP contribution in [0.2, 0.25) is 0 Å². The van der Waals surface area contributed by atoms with Crippen LogP contribution in [0.4, 0.5) is 0 Å². The summed E-state index contributed by atoms with van der Waals surface area (Å²) in [4.78, 5) is 4.99. The van der Waals surface area contributed by atoms with E-state index in [0.717, 1.165) is 45.6 Å². The predicted octanol–water partition coefficient (Wildman–Crippen LogP) is 6.71. The number of nitrogens with zero attached hydrogens (tertiary/aromatic N) is 4. The number of aromatic nitrogens is 4. The molecule has 0 aliphatic carbocycles. The van der Waals surface area contributed by atoms with Crippen LogP contribution in [0.3, 0.4) is 0 Å². The lowest BCUT2D eigenvalue weighted by Gasteiger charge is -2.15. The molecule has 4 rings (SSSR count). The standard InChI is InChI=1S/C23H27BrN4/c1-7-8-15(4)27-10-9-18-16(5)25-22-21(17(6)26-28(22)23(18)27)20-14(3)11-13(2)12-19(20)24/h9-12,15H,7-8H2,1-6H3. The fourth-order valence-electron chi connectivity index (χ4n) is 4.37. The van der Waals surface area contributed by atoms with Crippen molar-refractivity contribution < 1.29 is 0 Å². The Balaban J connectivity index is 2.09. The first-order chi connectivity index (χ1) is 13.3. The van der Waals surface area contributed by atoms with Gasteiger partial charge in [0.1, 0.15) is 5.65 Å².